The summed E-state index contributed by atoms with van der Waals surface area (Å²) in [6.07, 6.45) is 4.52. The molecule has 0 radical (unpaired) electrons. The fourth-order valence-electron chi connectivity index (χ4n) is 5.29. The number of aromatic nitrogens is 2. The molecule has 0 saturated heterocycles. The molecule has 6 rings (SSSR count). The zero-order chi connectivity index (χ0) is 27.7. The number of para-hydroxylation sites is 1. The summed E-state index contributed by atoms with van der Waals surface area (Å²) in [6.45, 7) is 1.93. The van der Waals surface area contributed by atoms with E-state index in [0.717, 1.165) is 33.7 Å². The molecule has 7 heteroatoms. The first kappa shape index (κ1) is 25.6. The topological polar surface area (TPSA) is 73.2 Å². The predicted octanol–water partition coefficient (Wildman–Crippen LogP) is 6.74. The predicted molar refractivity (Wildman–Crippen MR) is 159 cm³/mol. The average molecular weight is 548 g/mol. The van der Waals surface area contributed by atoms with Crippen LogP contribution in [-0.4, -0.2) is 24.7 Å². The Hall–Kier alpha value is -4.62. The molecule has 4 aromatic carbocycles. The van der Waals surface area contributed by atoms with Crippen LogP contribution in [0.15, 0.2) is 120 Å². The molecule has 1 aromatic heterocycles. The monoisotopic (exact) mass is 547 g/mol. The van der Waals surface area contributed by atoms with E-state index in [1.807, 2.05) is 79.7 Å². The van der Waals surface area contributed by atoms with Crippen LogP contribution in [0.1, 0.15) is 27.9 Å². The number of benzene rings is 4. The molecule has 40 heavy (non-hydrogen) atoms. The van der Waals surface area contributed by atoms with Crippen LogP contribution in [0, 0.1) is 6.92 Å². The minimum atomic E-state index is -3.99. The third-order valence-electron chi connectivity index (χ3n) is 7.43. The molecule has 200 valence electrons. The number of allylic oxidation sites excluding steroid dienone is 1. The molecule has 0 aliphatic heterocycles. The minimum absolute atomic E-state index is 0.191. The van der Waals surface area contributed by atoms with Gasteiger partial charge < -0.3 is 10.1 Å². The molecule has 1 unspecified atom stereocenters. The van der Waals surface area contributed by atoms with Crippen molar-refractivity contribution in [2.24, 2.45) is 0 Å². The number of nitrogens with one attached hydrogen (secondary N) is 1. The number of rotatable bonds is 7. The highest BCUT2D eigenvalue weighted by atomic mass is 32.2. The van der Waals surface area contributed by atoms with Crippen LogP contribution in [0.25, 0.3) is 6.08 Å². The van der Waals surface area contributed by atoms with Crippen molar-refractivity contribution in [3.63, 3.8) is 0 Å². The largest absolute Gasteiger partial charge is 0.497 e. The highest BCUT2D eigenvalue weighted by molar-refractivity contribution is 7.89. The van der Waals surface area contributed by atoms with E-state index < -0.39 is 15.4 Å². The van der Waals surface area contributed by atoms with Gasteiger partial charge >= 0.3 is 0 Å². The summed E-state index contributed by atoms with van der Waals surface area (Å²) in [4.78, 5) is 0.191. The summed E-state index contributed by atoms with van der Waals surface area (Å²) in [5.74, 6) is 1.22. The van der Waals surface area contributed by atoms with Gasteiger partial charge in [-0.3, -0.25) is 0 Å². The highest BCUT2D eigenvalue weighted by Gasteiger charge is 2.40. The number of hydrogen-bond acceptors (Lipinski definition) is 5. The zero-order valence-electron chi connectivity index (χ0n) is 22.3. The summed E-state index contributed by atoms with van der Waals surface area (Å²) in [5, 5.41) is 8.03. The van der Waals surface area contributed by atoms with Crippen LogP contribution in [0.4, 0.5) is 11.5 Å². The van der Waals surface area contributed by atoms with E-state index in [1.54, 1.807) is 31.4 Å². The van der Waals surface area contributed by atoms with E-state index in [1.165, 1.54) is 4.09 Å². The van der Waals surface area contributed by atoms with E-state index in [9.17, 15) is 8.42 Å². The molecule has 0 fully saturated rings. The fraction of sp³-hybridized carbons (Fsp3) is 0.121. The van der Waals surface area contributed by atoms with Crippen molar-refractivity contribution in [3.8, 4) is 5.75 Å². The molecule has 0 bridgehead atoms. The highest BCUT2D eigenvalue weighted by Crippen LogP contribution is 2.44. The Kier molecular flexibility index (Phi) is 6.52. The van der Waals surface area contributed by atoms with E-state index in [-0.39, 0.29) is 4.90 Å². The van der Waals surface area contributed by atoms with Gasteiger partial charge in [0.2, 0.25) is 0 Å². The molecule has 0 spiro atoms. The van der Waals surface area contributed by atoms with Gasteiger partial charge in [0, 0.05) is 23.1 Å². The van der Waals surface area contributed by atoms with Gasteiger partial charge in [0.25, 0.3) is 10.0 Å². The number of methoxy groups -OCH3 is 1. The van der Waals surface area contributed by atoms with Gasteiger partial charge in [-0.1, -0.05) is 90.5 Å². The first-order chi connectivity index (χ1) is 19.4. The maximum Gasteiger partial charge on any atom is 0.283 e. The molecule has 1 aliphatic rings. The zero-order valence-corrected chi connectivity index (χ0v) is 23.1. The van der Waals surface area contributed by atoms with Gasteiger partial charge in [-0.15, -0.1) is 5.10 Å². The van der Waals surface area contributed by atoms with Gasteiger partial charge in [0.15, 0.2) is 5.82 Å². The lowest BCUT2D eigenvalue weighted by atomic mass is 9.68. The van der Waals surface area contributed by atoms with Crippen molar-refractivity contribution >= 4 is 27.6 Å². The van der Waals surface area contributed by atoms with Gasteiger partial charge in [-0.25, -0.2) is 0 Å². The standard InChI is InChI=1S/C33H29N3O3S/c1-24-16-18-29(19-17-24)40(37,38)36-31-23-33(25-10-5-3-6-11-25,26-12-9-15-28(22-26)39-2)21-20-30(31)32(35-36)34-27-13-7-4-8-14-27/h3-22H,23H2,1-2H3,(H,34,35). The molecule has 1 atom stereocenters. The number of nitrogens with zero attached hydrogens (tertiary/aromatic N) is 2. The molecule has 6 nitrogen and oxygen atoms in total. The molecule has 5 aromatic rings. The van der Waals surface area contributed by atoms with Crippen molar-refractivity contribution < 1.29 is 13.2 Å². The normalized spacial score (nSPS) is 16.4. The van der Waals surface area contributed by atoms with Gasteiger partial charge in [-0.05, 0) is 54.4 Å². The van der Waals surface area contributed by atoms with Crippen molar-refractivity contribution in [2.45, 2.75) is 23.7 Å². The maximum atomic E-state index is 14.1. The van der Waals surface area contributed by atoms with E-state index >= 15 is 0 Å². The third kappa shape index (κ3) is 4.48. The summed E-state index contributed by atoms with van der Waals surface area (Å²) >= 11 is 0. The lowest BCUT2D eigenvalue weighted by Crippen LogP contribution is -2.32. The number of fused-ring (bicyclic) bond motifs is 1. The van der Waals surface area contributed by atoms with Crippen LogP contribution >= 0.6 is 0 Å². The Labute approximate surface area is 234 Å². The van der Waals surface area contributed by atoms with Crippen LogP contribution in [-0.2, 0) is 21.9 Å². The number of anilines is 2. The first-order valence-electron chi connectivity index (χ1n) is 13.1. The number of aryl methyl sites for hydroxylation is 1. The Morgan fingerprint density at radius 3 is 2.23 bits per heavy atom. The third-order valence-corrected chi connectivity index (χ3v) is 9.05. The summed E-state index contributed by atoms with van der Waals surface area (Å²) < 4.78 is 35.0. The second-order valence-corrected chi connectivity index (χ2v) is 11.7. The molecule has 1 N–H and O–H groups in total. The maximum absolute atomic E-state index is 14.1. The second kappa shape index (κ2) is 10.2. The van der Waals surface area contributed by atoms with Gasteiger partial charge in [-0.2, -0.15) is 12.5 Å². The van der Waals surface area contributed by atoms with Gasteiger partial charge in [0.05, 0.1) is 17.7 Å². The molecule has 0 saturated carbocycles. The number of ether oxygens (including phenoxy) is 1. The Balaban J connectivity index is 1.57. The quantitative estimate of drug-likeness (QED) is 0.244. The van der Waals surface area contributed by atoms with Crippen molar-refractivity contribution in [2.75, 3.05) is 12.4 Å². The Morgan fingerprint density at radius 1 is 0.850 bits per heavy atom. The van der Waals surface area contributed by atoms with Crippen LogP contribution < -0.4 is 10.1 Å². The van der Waals surface area contributed by atoms with Crippen molar-refractivity contribution in [1.29, 1.82) is 0 Å². The van der Waals surface area contributed by atoms with Crippen molar-refractivity contribution in [1.82, 2.24) is 9.19 Å². The van der Waals surface area contributed by atoms with Crippen LogP contribution in [0.2, 0.25) is 0 Å². The second-order valence-electron chi connectivity index (χ2n) is 9.94. The van der Waals surface area contributed by atoms with E-state index in [0.29, 0.717) is 17.9 Å². The summed E-state index contributed by atoms with van der Waals surface area (Å²) in [5.41, 5.74) is 4.55. The minimum Gasteiger partial charge on any atom is -0.497 e. The molecule has 1 aliphatic carbocycles. The first-order valence-corrected chi connectivity index (χ1v) is 14.5. The molecular formula is C33H29N3O3S. The van der Waals surface area contributed by atoms with E-state index in [4.69, 9.17) is 4.74 Å². The van der Waals surface area contributed by atoms with Crippen LogP contribution in [0.3, 0.4) is 0 Å². The Bertz CT molecular complexity index is 1800. The molecule has 1 heterocycles. The van der Waals surface area contributed by atoms with Gasteiger partial charge in [0.1, 0.15) is 5.75 Å². The fourth-order valence-corrected chi connectivity index (χ4v) is 6.61. The molecule has 0 amide bonds. The van der Waals surface area contributed by atoms with Crippen molar-refractivity contribution in [3.05, 3.63) is 143 Å². The Morgan fingerprint density at radius 2 is 1.52 bits per heavy atom. The summed E-state index contributed by atoms with van der Waals surface area (Å²) in [7, 11) is -2.34. The smallest absolute Gasteiger partial charge is 0.283 e. The lowest BCUT2D eigenvalue weighted by molar-refractivity contribution is 0.413. The van der Waals surface area contributed by atoms with Crippen LogP contribution in [0.5, 0.6) is 5.75 Å². The van der Waals surface area contributed by atoms with E-state index in [2.05, 4.69) is 34.7 Å². The lowest BCUT2D eigenvalue weighted by Gasteiger charge is -2.35. The summed E-state index contributed by atoms with van der Waals surface area (Å²) in [6, 6.07) is 34.6. The number of hydrogen-bond donors (Lipinski definition) is 1. The average Bonchev–Trinajstić information content (AvgIpc) is 3.36. The molecular weight excluding hydrogens is 518 g/mol. The SMILES string of the molecule is COc1cccc(C2(c3ccccc3)C=Cc3c(Nc4ccccc4)nn(S(=O)(=O)c4ccc(C)cc4)c3C2)c1.